The van der Waals surface area contributed by atoms with Gasteiger partial charge in [0.25, 0.3) is 0 Å². The van der Waals surface area contributed by atoms with Crippen molar-refractivity contribution < 1.29 is 4.74 Å². The third-order valence-electron chi connectivity index (χ3n) is 4.01. The quantitative estimate of drug-likeness (QED) is 0.823. The largest absolute Gasteiger partial charge is 0.379 e. The van der Waals surface area contributed by atoms with Crippen LogP contribution in [-0.2, 0) is 4.74 Å². The molecule has 0 saturated carbocycles. The second-order valence-electron chi connectivity index (χ2n) is 7.46. The molecule has 0 atom stereocenters. The average Bonchev–Trinajstić information content (AvgIpc) is 2.62. The zero-order valence-electron chi connectivity index (χ0n) is 15.8. The smallest absolute Gasteiger partial charge is 0.225 e. The summed E-state index contributed by atoms with van der Waals surface area (Å²) in [6.07, 6.45) is 3.58. The lowest BCUT2D eigenvalue weighted by Crippen LogP contribution is -2.39. The Morgan fingerprint density at radius 3 is 2.69 bits per heavy atom. The molecule has 3 rings (SSSR count). The van der Waals surface area contributed by atoms with Crippen molar-refractivity contribution in [3.63, 3.8) is 0 Å². The van der Waals surface area contributed by atoms with Crippen LogP contribution in [0.2, 0.25) is 0 Å². The van der Waals surface area contributed by atoms with Crippen LogP contribution >= 0.6 is 0 Å². The van der Waals surface area contributed by atoms with E-state index in [2.05, 4.69) is 51.3 Å². The van der Waals surface area contributed by atoms with Crippen LogP contribution in [0.3, 0.4) is 0 Å². The van der Waals surface area contributed by atoms with Gasteiger partial charge in [0, 0.05) is 55.7 Å². The Kier molecular flexibility index (Phi) is 6.00. The number of morpholine rings is 1. The summed E-state index contributed by atoms with van der Waals surface area (Å²) >= 11 is 0. The van der Waals surface area contributed by atoms with Gasteiger partial charge in [-0.25, -0.2) is 4.98 Å². The Labute approximate surface area is 155 Å². The maximum absolute atomic E-state index is 5.39. The highest BCUT2D eigenvalue weighted by Gasteiger charge is 2.14. The molecule has 3 heterocycles. The molecule has 7 nitrogen and oxygen atoms in total. The summed E-state index contributed by atoms with van der Waals surface area (Å²) in [6.45, 7) is 11.7. The van der Waals surface area contributed by atoms with E-state index >= 15 is 0 Å². The van der Waals surface area contributed by atoms with Crippen LogP contribution in [0.4, 0.5) is 11.8 Å². The minimum Gasteiger partial charge on any atom is -0.379 e. The van der Waals surface area contributed by atoms with Gasteiger partial charge in [0.05, 0.1) is 18.9 Å². The number of rotatable bonds is 6. The van der Waals surface area contributed by atoms with Crippen molar-refractivity contribution in [1.29, 1.82) is 0 Å². The third kappa shape index (κ3) is 5.64. The standard InChI is InChI=1S/C19H28N6O/c1-19(2,3)24-18-22-16(15-5-4-6-20-14-15)13-17(23-18)21-7-8-25-9-11-26-12-10-25/h4-6,13-14H,7-12H2,1-3H3,(H2,21,22,23,24). The van der Waals surface area contributed by atoms with Crippen LogP contribution in [0.25, 0.3) is 11.3 Å². The molecular formula is C19H28N6O. The molecule has 7 heteroatoms. The van der Waals surface area contributed by atoms with E-state index < -0.39 is 0 Å². The summed E-state index contributed by atoms with van der Waals surface area (Å²) in [6, 6.07) is 5.90. The maximum atomic E-state index is 5.39. The van der Waals surface area contributed by atoms with E-state index in [1.54, 1.807) is 6.20 Å². The predicted octanol–water partition coefficient (Wildman–Crippen LogP) is 2.49. The van der Waals surface area contributed by atoms with E-state index in [4.69, 9.17) is 4.74 Å². The molecule has 1 saturated heterocycles. The van der Waals surface area contributed by atoms with Crippen molar-refractivity contribution in [2.24, 2.45) is 0 Å². The van der Waals surface area contributed by atoms with Crippen LogP contribution in [0.1, 0.15) is 20.8 Å². The number of aromatic nitrogens is 3. The van der Waals surface area contributed by atoms with Gasteiger partial charge in [-0.1, -0.05) is 0 Å². The fourth-order valence-electron chi connectivity index (χ4n) is 2.76. The Bertz CT molecular complexity index is 695. The van der Waals surface area contributed by atoms with E-state index in [1.807, 2.05) is 24.4 Å². The predicted molar refractivity (Wildman–Crippen MR) is 104 cm³/mol. The second kappa shape index (κ2) is 8.42. The first-order valence-electron chi connectivity index (χ1n) is 9.11. The minimum absolute atomic E-state index is 0.112. The van der Waals surface area contributed by atoms with Crippen molar-refractivity contribution >= 4 is 11.8 Å². The lowest BCUT2D eigenvalue weighted by Gasteiger charge is -2.26. The highest BCUT2D eigenvalue weighted by Crippen LogP contribution is 2.22. The van der Waals surface area contributed by atoms with Crippen LogP contribution < -0.4 is 10.6 Å². The number of anilines is 2. The first kappa shape index (κ1) is 18.5. The summed E-state index contributed by atoms with van der Waals surface area (Å²) in [7, 11) is 0. The summed E-state index contributed by atoms with van der Waals surface area (Å²) < 4.78 is 5.39. The van der Waals surface area contributed by atoms with Crippen LogP contribution in [-0.4, -0.2) is 64.8 Å². The third-order valence-corrected chi connectivity index (χ3v) is 4.01. The fourth-order valence-corrected chi connectivity index (χ4v) is 2.76. The summed E-state index contributed by atoms with van der Waals surface area (Å²) in [5, 5.41) is 6.80. The SMILES string of the molecule is CC(C)(C)Nc1nc(NCCN2CCOCC2)cc(-c2cccnc2)n1. The Morgan fingerprint density at radius 2 is 2.00 bits per heavy atom. The molecule has 0 aromatic carbocycles. The van der Waals surface area contributed by atoms with Crippen LogP contribution in [0.5, 0.6) is 0 Å². The average molecular weight is 356 g/mol. The summed E-state index contributed by atoms with van der Waals surface area (Å²) in [5.41, 5.74) is 1.72. The van der Waals surface area contributed by atoms with Crippen molar-refractivity contribution in [2.75, 3.05) is 50.0 Å². The number of hydrogen-bond donors (Lipinski definition) is 2. The zero-order valence-corrected chi connectivity index (χ0v) is 15.8. The Hall–Kier alpha value is -2.25. The topological polar surface area (TPSA) is 75.2 Å². The molecule has 2 N–H and O–H groups in total. The second-order valence-corrected chi connectivity index (χ2v) is 7.46. The Balaban J connectivity index is 1.73. The van der Waals surface area contributed by atoms with Gasteiger partial charge in [-0.3, -0.25) is 9.88 Å². The van der Waals surface area contributed by atoms with Gasteiger partial charge >= 0.3 is 0 Å². The maximum Gasteiger partial charge on any atom is 0.225 e. The Morgan fingerprint density at radius 1 is 1.19 bits per heavy atom. The lowest BCUT2D eigenvalue weighted by molar-refractivity contribution is 0.0398. The number of pyridine rings is 1. The molecule has 140 valence electrons. The molecule has 1 aliphatic heterocycles. The lowest BCUT2D eigenvalue weighted by atomic mass is 10.1. The number of nitrogens with one attached hydrogen (secondary N) is 2. The number of hydrogen-bond acceptors (Lipinski definition) is 7. The normalized spacial score (nSPS) is 15.7. The van der Waals surface area contributed by atoms with Gasteiger partial charge in [-0.15, -0.1) is 0 Å². The fraction of sp³-hybridized carbons (Fsp3) is 0.526. The van der Waals surface area contributed by atoms with Crippen LogP contribution in [0, 0.1) is 0 Å². The van der Waals surface area contributed by atoms with Crippen molar-refractivity contribution in [3.05, 3.63) is 30.6 Å². The monoisotopic (exact) mass is 356 g/mol. The molecule has 0 bridgehead atoms. The highest BCUT2D eigenvalue weighted by molar-refractivity contribution is 5.63. The zero-order chi connectivity index (χ0) is 18.4. The summed E-state index contributed by atoms with van der Waals surface area (Å²) in [5.74, 6) is 1.44. The van der Waals surface area contributed by atoms with Gasteiger partial charge in [0.1, 0.15) is 5.82 Å². The van der Waals surface area contributed by atoms with Gasteiger partial charge < -0.3 is 15.4 Å². The molecule has 26 heavy (non-hydrogen) atoms. The molecular weight excluding hydrogens is 328 g/mol. The molecule has 1 fully saturated rings. The molecule has 2 aromatic rings. The molecule has 0 amide bonds. The molecule has 0 unspecified atom stereocenters. The van der Waals surface area contributed by atoms with E-state index in [1.165, 1.54) is 0 Å². The number of ether oxygens (including phenoxy) is 1. The molecule has 0 radical (unpaired) electrons. The first-order valence-corrected chi connectivity index (χ1v) is 9.11. The van der Waals surface area contributed by atoms with E-state index in [-0.39, 0.29) is 5.54 Å². The van der Waals surface area contributed by atoms with E-state index in [0.717, 1.165) is 56.5 Å². The van der Waals surface area contributed by atoms with Gasteiger partial charge in [-0.05, 0) is 32.9 Å². The highest BCUT2D eigenvalue weighted by atomic mass is 16.5. The van der Waals surface area contributed by atoms with Gasteiger partial charge in [-0.2, -0.15) is 4.98 Å². The molecule has 1 aliphatic rings. The molecule has 0 spiro atoms. The molecule has 0 aliphatic carbocycles. The van der Waals surface area contributed by atoms with Crippen molar-refractivity contribution in [2.45, 2.75) is 26.3 Å². The van der Waals surface area contributed by atoms with Crippen molar-refractivity contribution in [1.82, 2.24) is 19.9 Å². The van der Waals surface area contributed by atoms with Crippen LogP contribution in [0.15, 0.2) is 30.6 Å². The molecule has 2 aromatic heterocycles. The summed E-state index contributed by atoms with van der Waals surface area (Å²) in [4.78, 5) is 15.9. The van der Waals surface area contributed by atoms with E-state index in [9.17, 15) is 0 Å². The first-order chi connectivity index (χ1) is 12.5. The van der Waals surface area contributed by atoms with Crippen molar-refractivity contribution in [3.8, 4) is 11.3 Å². The van der Waals surface area contributed by atoms with Gasteiger partial charge in [0.15, 0.2) is 0 Å². The number of nitrogens with zero attached hydrogens (tertiary/aromatic N) is 4. The minimum atomic E-state index is -0.112. The van der Waals surface area contributed by atoms with Gasteiger partial charge in [0.2, 0.25) is 5.95 Å². The van der Waals surface area contributed by atoms with E-state index in [0.29, 0.717) is 5.95 Å².